The van der Waals surface area contributed by atoms with Crippen LogP contribution in [0.25, 0.3) is 11.0 Å². The summed E-state index contributed by atoms with van der Waals surface area (Å²) in [6.07, 6.45) is 1.07. The van der Waals surface area contributed by atoms with E-state index in [0.29, 0.717) is 12.6 Å². The Bertz CT molecular complexity index is 589. The van der Waals surface area contributed by atoms with Gasteiger partial charge >= 0.3 is 0 Å². The van der Waals surface area contributed by atoms with Crippen LogP contribution < -0.4 is 10.1 Å². The zero-order chi connectivity index (χ0) is 14.7. The smallest absolute Gasteiger partial charge is 0.124 e. The van der Waals surface area contributed by atoms with Crippen molar-refractivity contribution >= 4 is 11.0 Å². The Morgan fingerprint density at radius 1 is 1.29 bits per heavy atom. The number of aromatic nitrogens is 2. The molecule has 0 radical (unpaired) electrons. The molecule has 2 aromatic rings. The minimum absolute atomic E-state index is 0.370. The predicted octanol–water partition coefficient (Wildman–Crippen LogP) is 2.32. The lowest BCUT2D eigenvalue weighted by molar-refractivity contribution is 0.164. The Hall–Kier alpha value is -1.59. The summed E-state index contributed by atoms with van der Waals surface area (Å²) < 4.78 is 5.56. The molecule has 1 aliphatic rings. The molecular weight excluding hydrogens is 264 g/mol. The van der Waals surface area contributed by atoms with Crippen LogP contribution in [0.4, 0.5) is 0 Å². The number of H-pyrrole nitrogens is 1. The number of ether oxygens (including phenoxy) is 1. The zero-order valence-corrected chi connectivity index (χ0v) is 12.9. The largest absolute Gasteiger partial charge is 0.494 e. The molecular formula is C16H24N4O. The molecule has 0 amide bonds. The van der Waals surface area contributed by atoms with E-state index in [2.05, 4.69) is 22.1 Å². The summed E-state index contributed by atoms with van der Waals surface area (Å²) in [7, 11) is 0. The van der Waals surface area contributed by atoms with Crippen LogP contribution in [-0.2, 0) is 0 Å². The highest BCUT2D eigenvalue weighted by atomic mass is 16.5. The van der Waals surface area contributed by atoms with E-state index in [1.165, 1.54) is 0 Å². The second-order valence-corrected chi connectivity index (χ2v) is 5.44. The van der Waals surface area contributed by atoms with Gasteiger partial charge in [-0.15, -0.1) is 0 Å². The van der Waals surface area contributed by atoms with E-state index < -0.39 is 0 Å². The average molecular weight is 288 g/mol. The number of aromatic amines is 1. The first-order valence-electron chi connectivity index (χ1n) is 7.89. The van der Waals surface area contributed by atoms with Crippen LogP contribution >= 0.6 is 0 Å². The molecule has 114 valence electrons. The second kappa shape index (κ2) is 6.45. The molecule has 21 heavy (non-hydrogen) atoms. The molecule has 0 bridgehead atoms. The lowest BCUT2D eigenvalue weighted by Gasteiger charge is -2.33. The first-order valence-corrected chi connectivity index (χ1v) is 7.89. The summed E-state index contributed by atoms with van der Waals surface area (Å²) in [5, 5.41) is 3.40. The number of fused-ring (bicyclic) bond motifs is 1. The zero-order valence-electron chi connectivity index (χ0n) is 12.9. The van der Waals surface area contributed by atoms with Crippen molar-refractivity contribution in [1.29, 1.82) is 0 Å². The van der Waals surface area contributed by atoms with Crippen LogP contribution in [0.1, 0.15) is 32.1 Å². The van der Waals surface area contributed by atoms with Gasteiger partial charge in [0.2, 0.25) is 0 Å². The average Bonchev–Trinajstić information content (AvgIpc) is 2.92. The highest BCUT2D eigenvalue weighted by Crippen LogP contribution is 2.26. The summed E-state index contributed by atoms with van der Waals surface area (Å²) in [6, 6.07) is 6.43. The molecule has 1 saturated heterocycles. The molecule has 2 heterocycles. The van der Waals surface area contributed by atoms with Gasteiger partial charge in [-0.25, -0.2) is 4.98 Å². The summed E-state index contributed by atoms with van der Waals surface area (Å²) in [5.41, 5.74) is 2.08. The Morgan fingerprint density at radius 2 is 2.10 bits per heavy atom. The Balaban J connectivity index is 1.87. The third-order valence-corrected chi connectivity index (χ3v) is 4.08. The Kier molecular flexibility index (Phi) is 4.41. The van der Waals surface area contributed by atoms with Crippen LogP contribution in [0, 0.1) is 0 Å². The predicted molar refractivity (Wildman–Crippen MR) is 84.7 cm³/mol. The number of piperazine rings is 1. The highest BCUT2D eigenvalue weighted by molar-refractivity contribution is 5.76. The van der Waals surface area contributed by atoms with E-state index in [9.17, 15) is 0 Å². The monoisotopic (exact) mass is 288 g/mol. The van der Waals surface area contributed by atoms with Gasteiger partial charge in [0.05, 0.1) is 23.7 Å². The first kappa shape index (κ1) is 14.4. The summed E-state index contributed by atoms with van der Waals surface area (Å²) in [6.45, 7) is 9.20. The fraction of sp³-hybridized carbons (Fsp3) is 0.562. The van der Waals surface area contributed by atoms with E-state index in [4.69, 9.17) is 9.72 Å². The van der Waals surface area contributed by atoms with Gasteiger partial charge in [0, 0.05) is 32.2 Å². The first-order chi connectivity index (χ1) is 10.3. The molecule has 1 aromatic carbocycles. The van der Waals surface area contributed by atoms with E-state index in [0.717, 1.165) is 55.2 Å². The van der Waals surface area contributed by atoms with Gasteiger partial charge in [-0.3, -0.25) is 4.90 Å². The van der Waals surface area contributed by atoms with E-state index in [-0.39, 0.29) is 0 Å². The quantitative estimate of drug-likeness (QED) is 0.886. The highest BCUT2D eigenvalue weighted by Gasteiger charge is 2.23. The molecule has 1 fully saturated rings. The molecule has 2 N–H and O–H groups in total. The third kappa shape index (κ3) is 3.04. The maximum Gasteiger partial charge on any atom is 0.124 e. The van der Waals surface area contributed by atoms with Gasteiger partial charge in [0.1, 0.15) is 11.6 Å². The SMILES string of the molecule is CCOc1ccc2nc(C(CC)N3CCNCC3)[nH]c2c1. The normalized spacial score (nSPS) is 18.0. The van der Waals surface area contributed by atoms with Gasteiger partial charge in [0.25, 0.3) is 0 Å². The molecule has 1 aliphatic heterocycles. The van der Waals surface area contributed by atoms with Gasteiger partial charge in [-0.05, 0) is 25.5 Å². The Morgan fingerprint density at radius 3 is 2.81 bits per heavy atom. The lowest BCUT2D eigenvalue weighted by atomic mass is 10.1. The van der Waals surface area contributed by atoms with E-state index >= 15 is 0 Å². The van der Waals surface area contributed by atoms with Gasteiger partial charge < -0.3 is 15.0 Å². The fourth-order valence-electron chi connectivity index (χ4n) is 3.04. The molecule has 5 heteroatoms. The maximum atomic E-state index is 5.56. The second-order valence-electron chi connectivity index (χ2n) is 5.44. The van der Waals surface area contributed by atoms with Crippen LogP contribution in [0.3, 0.4) is 0 Å². The number of hydrogen-bond donors (Lipinski definition) is 2. The molecule has 5 nitrogen and oxygen atoms in total. The topological polar surface area (TPSA) is 53.2 Å². The third-order valence-electron chi connectivity index (χ3n) is 4.08. The molecule has 0 spiro atoms. The number of nitrogens with one attached hydrogen (secondary N) is 2. The van der Waals surface area contributed by atoms with E-state index in [1.54, 1.807) is 0 Å². The van der Waals surface area contributed by atoms with Crippen LogP contribution in [-0.4, -0.2) is 47.7 Å². The number of benzene rings is 1. The summed E-state index contributed by atoms with van der Waals surface area (Å²) in [5.74, 6) is 1.97. The minimum atomic E-state index is 0.370. The number of rotatable bonds is 5. The van der Waals surface area contributed by atoms with Crippen LogP contribution in [0.15, 0.2) is 18.2 Å². The molecule has 1 aromatic heterocycles. The van der Waals surface area contributed by atoms with Gasteiger partial charge in [0.15, 0.2) is 0 Å². The van der Waals surface area contributed by atoms with Crippen molar-refractivity contribution in [2.45, 2.75) is 26.3 Å². The standard InChI is InChI=1S/C16H24N4O/c1-3-15(20-9-7-17-8-10-20)16-18-13-6-5-12(21-4-2)11-14(13)19-16/h5-6,11,15,17H,3-4,7-10H2,1-2H3,(H,18,19). The number of hydrogen-bond acceptors (Lipinski definition) is 4. The molecule has 1 atom stereocenters. The van der Waals surface area contributed by atoms with Crippen molar-refractivity contribution in [1.82, 2.24) is 20.2 Å². The maximum absolute atomic E-state index is 5.56. The lowest BCUT2D eigenvalue weighted by Crippen LogP contribution is -2.45. The van der Waals surface area contributed by atoms with Crippen molar-refractivity contribution in [3.05, 3.63) is 24.0 Å². The molecule has 0 saturated carbocycles. The molecule has 0 aliphatic carbocycles. The summed E-state index contributed by atoms with van der Waals surface area (Å²) in [4.78, 5) is 10.8. The molecule has 3 rings (SSSR count). The van der Waals surface area contributed by atoms with Crippen molar-refractivity contribution in [3.63, 3.8) is 0 Å². The van der Waals surface area contributed by atoms with Crippen molar-refractivity contribution < 1.29 is 4.74 Å². The number of nitrogens with zero attached hydrogens (tertiary/aromatic N) is 2. The van der Waals surface area contributed by atoms with Crippen molar-refractivity contribution in [3.8, 4) is 5.75 Å². The van der Waals surface area contributed by atoms with Crippen molar-refractivity contribution in [2.24, 2.45) is 0 Å². The van der Waals surface area contributed by atoms with E-state index in [1.807, 2.05) is 25.1 Å². The summed E-state index contributed by atoms with van der Waals surface area (Å²) >= 11 is 0. The minimum Gasteiger partial charge on any atom is -0.494 e. The Labute approximate surface area is 125 Å². The van der Waals surface area contributed by atoms with Crippen LogP contribution in [0.5, 0.6) is 5.75 Å². The van der Waals surface area contributed by atoms with Gasteiger partial charge in [-0.2, -0.15) is 0 Å². The fourth-order valence-corrected chi connectivity index (χ4v) is 3.04. The van der Waals surface area contributed by atoms with Crippen molar-refractivity contribution in [2.75, 3.05) is 32.8 Å². The number of imidazole rings is 1. The molecule has 1 unspecified atom stereocenters. The van der Waals surface area contributed by atoms with Gasteiger partial charge in [-0.1, -0.05) is 6.92 Å². The van der Waals surface area contributed by atoms with Crippen LogP contribution in [0.2, 0.25) is 0 Å².